The van der Waals surface area contributed by atoms with E-state index in [4.69, 9.17) is 0 Å². The maximum Gasteiger partial charge on any atom is 0.283 e. The highest BCUT2D eigenvalue weighted by molar-refractivity contribution is 7.99. The van der Waals surface area contributed by atoms with E-state index in [-0.39, 0.29) is 17.2 Å². The third kappa shape index (κ3) is 3.93. The average molecular weight is 449 g/mol. The fourth-order valence-corrected chi connectivity index (χ4v) is 4.88. The number of amides is 1. The number of thioether (sulfide) groups is 1. The second kappa shape index (κ2) is 8.27. The average Bonchev–Trinajstić information content (AvgIpc) is 3.39. The number of aryl methyl sites for hydroxylation is 3. The van der Waals surface area contributed by atoms with Gasteiger partial charge in [0, 0.05) is 11.4 Å². The molecule has 0 saturated carbocycles. The van der Waals surface area contributed by atoms with Gasteiger partial charge in [-0.3, -0.25) is 14.2 Å². The number of aromatic amines is 1. The molecule has 2 aromatic carbocycles. The zero-order valence-corrected chi connectivity index (χ0v) is 18.3. The van der Waals surface area contributed by atoms with Crippen molar-refractivity contribution in [2.45, 2.75) is 31.3 Å². The van der Waals surface area contributed by atoms with Crippen molar-refractivity contribution in [1.29, 1.82) is 0 Å². The van der Waals surface area contributed by atoms with Crippen LogP contribution < -0.4 is 10.9 Å². The number of nitrogens with zero attached hydrogens (tertiary/aromatic N) is 2. The monoisotopic (exact) mass is 448 g/mol. The Morgan fingerprint density at radius 2 is 1.94 bits per heavy atom. The van der Waals surface area contributed by atoms with Crippen molar-refractivity contribution in [3.05, 3.63) is 81.5 Å². The van der Waals surface area contributed by atoms with Gasteiger partial charge < -0.3 is 10.3 Å². The van der Waals surface area contributed by atoms with Gasteiger partial charge in [-0.25, -0.2) is 9.37 Å². The van der Waals surface area contributed by atoms with Gasteiger partial charge in [-0.15, -0.1) is 0 Å². The number of aromatic nitrogens is 3. The molecule has 0 aliphatic heterocycles. The predicted molar refractivity (Wildman–Crippen MR) is 124 cm³/mol. The van der Waals surface area contributed by atoms with Crippen LogP contribution >= 0.6 is 11.8 Å². The maximum absolute atomic E-state index is 13.4. The summed E-state index contributed by atoms with van der Waals surface area (Å²) in [6.07, 6.45) is 3.28. The van der Waals surface area contributed by atoms with Crippen LogP contribution in [0, 0.1) is 12.7 Å². The molecule has 4 aromatic rings. The minimum atomic E-state index is -0.394. The number of hydrogen-bond acceptors (Lipinski definition) is 4. The van der Waals surface area contributed by atoms with Crippen LogP contribution in [0.25, 0.3) is 16.7 Å². The molecule has 0 spiro atoms. The number of halogens is 1. The fraction of sp³-hybridized carbons (Fsp3) is 0.208. The van der Waals surface area contributed by atoms with E-state index in [2.05, 4.69) is 21.4 Å². The van der Waals surface area contributed by atoms with Gasteiger partial charge in [0.25, 0.3) is 5.56 Å². The summed E-state index contributed by atoms with van der Waals surface area (Å²) in [5.74, 6) is -0.493. The Kier molecular flexibility index (Phi) is 5.30. The number of hydrogen-bond donors (Lipinski definition) is 2. The van der Waals surface area contributed by atoms with Gasteiger partial charge in [0.1, 0.15) is 11.3 Å². The zero-order chi connectivity index (χ0) is 22.2. The highest BCUT2D eigenvalue weighted by Gasteiger charge is 2.17. The molecule has 2 N–H and O–H groups in total. The smallest absolute Gasteiger partial charge is 0.283 e. The summed E-state index contributed by atoms with van der Waals surface area (Å²) in [4.78, 5) is 33.4. The van der Waals surface area contributed by atoms with Crippen LogP contribution in [0.3, 0.4) is 0 Å². The summed E-state index contributed by atoms with van der Waals surface area (Å²) < 4.78 is 14.8. The SMILES string of the molecule is Cc1cc2nc(SCC(=O)Nc3ccc4c(c3)CCC4)n(-c3ccc(F)cc3)c(=O)c2[nH]1. The molecule has 0 bridgehead atoms. The molecule has 5 rings (SSSR count). The lowest BCUT2D eigenvalue weighted by molar-refractivity contribution is -0.113. The van der Waals surface area contributed by atoms with E-state index in [1.807, 2.05) is 19.1 Å². The number of rotatable bonds is 5. The highest BCUT2D eigenvalue weighted by atomic mass is 32.2. The van der Waals surface area contributed by atoms with Gasteiger partial charge in [0.05, 0.1) is 17.0 Å². The van der Waals surface area contributed by atoms with Crippen LogP contribution in [0.15, 0.2) is 58.5 Å². The highest BCUT2D eigenvalue weighted by Crippen LogP contribution is 2.26. The Bertz CT molecular complexity index is 1390. The molecule has 1 aliphatic rings. The first-order valence-corrected chi connectivity index (χ1v) is 11.4. The van der Waals surface area contributed by atoms with Gasteiger partial charge in [0.15, 0.2) is 5.16 Å². The molecule has 162 valence electrons. The third-order valence-corrected chi connectivity index (χ3v) is 6.49. The van der Waals surface area contributed by atoms with Gasteiger partial charge in [-0.2, -0.15) is 0 Å². The lowest BCUT2D eigenvalue weighted by Crippen LogP contribution is -2.23. The molecule has 0 fully saturated rings. The van der Waals surface area contributed by atoms with E-state index >= 15 is 0 Å². The van der Waals surface area contributed by atoms with E-state index in [1.54, 1.807) is 6.07 Å². The predicted octanol–water partition coefficient (Wildman–Crippen LogP) is 4.38. The number of nitrogens with one attached hydrogen (secondary N) is 2. The van der Waals surface area contributed by atoms with Crippen LogP contribution in [0.4, 0.5) is 10.1 Å². The van der Waals surface area contributed by atoms with Crippen LogP contribution in [0.5, 0.6) is 0 Å². The largest absolute Gasteiger partial charge is 0.353 e. The quantitative estimate of drug-likeness (QED) is 0.351. The van der Waals surface area contributed by atoms with Crippen molar-refractivity contribution >= 4 is 34.4 Å². The van der Waals surface area contributed by atoms with Crippen molar-refractivity contribution in [2.24, 2.45) is 0 Å². The summed E-state index contributed by atoms with van der Waals surface area (Å²) in [7, 11) is 0. The van der Waals surface area contributed by atoms with E-state index in [9.17, 15) is 14.0 Å². The molecular weight excluding hydrogens is 427 g/mol. The second-order valence-corrected chi connectivity index (χ2v) is 8.84. The third-order valence-electron chi connectivity index (χ3n) is 5.56. The molecule has 0 atom stereocenters. The molecule has 1 aliphatic carbocycles. The topological polar surface area (TPSA) is 79.8 Å². The van der Waals surface area contributed by atoms with E-state index < -0.39 is 5.82 Å². The second-order valence-electron chi connectivity index (χ2n) is 7.90. The summed E-state index contributed by atoms with van der Waals surface area (Å²) in [6.45, 7) is 1.85. The Labute approximate surface area is 187 Å². The summed E-state index contributed by atoms with van der Waals surface area (Å²) in [5.41, 5.74) is 5.32. The molecule has 0 radical (unpaired) electrons. The first-order valence-electron chi connectivity index (χ1n) is 10.4. The number of carbonyl (C=O) groups excluding carboxylic acids is 1. The Hall–Kier alpha value is -3.39. The van der Waals surface area contributed by atoms with Gasteiger partial charge in [0.2, 0.25) is 5.91 Å². The summed E-state index contributed by atoms with van der Waals surface area (Å²) in [5, 5.41) is 3.31. The lowest BCUT2D eigenvalue weighted by Gasteiger charge is -2.12. The van der Waals surface area contributed by atoms with Gasteiger partial charge in [-0.1, -0.05) is 17.8 Å². The number of carbonyl (C=O) groups is 1. The number of fused-ring (bicyclic) bond motifs is 2. The summed E-state index contributed by atoms with van der Waals surface area (Å²) >= 11 is 1.17. The normalized spacial score (nSPS) is 12.8. The van der Waals surface area contributed by atoms with Gasteiger partial charge >= 0.3 is 0 Å². The molecule has 6 nitrogen and oxygen atoms in total. The van der Waals surface area contributed by atoms with Crippen LogP contribution in [-0.2, 0) is 17.6 Å². The first-order chi connectivity index (χ1) is 15.5. The molecule has 8 heteroatoms. The molecule has 32 heavy (non-hydrogen) atoms. The van der Waals surface area contributed by atoms with E-state index in [0.29, 0.717) is 21.9 Å². The van der Waals surface area contributed by atoms with Crippen LogP contribution in [0.2, 0.25) is 0 Å². The molecule has 1 amide bonds. The number of H-pyrrole nitrogens is 1. The van der Waals surface area contributed by atoms with Crippen LogP contribution in [-0.4, -0.2) is 26.2 Å². The minimum absolute atomic E-state index is 0.0830. The molecule has 0 saturated heterocycles. The van der Waals surface area contributed by atoms with E-state index in [1.165, 1.54) is 51.7 Å². The zero-order valence-electron chi connectivity index (χ0n) is 17.4. The molecular formula is C24H21FN4O2S. The standard InChI is InChI=1S/C24H21FN4O2S/c1-14-11-20-22(26-14)23(31)29(19-9-6-17(25)7-10-19)24(28-20)32-13-21(30)27-18-8-5-15-3-2-4-16(15)12-18/h5-12,26H,2-4,13H2,1H3,(H,27,30). The lowest BCUT2D eigenvalue weighted by atomic mass is 10.1. The van der Waals surface area contributed by atoms with Crippen molar-refractivity contribution in [3.8, 4) is 5.69 Å². The Morgan fingerprint density at radius 3 is 2.75 bits per heavy atom. The van der Waals surface area contributed by atoms with Crippen molar-refractivity contribution in [1.82, 2.24) is 14.5 Å². The van der Waals surface area contributed by atoms with Crippen molar-refractivity contribution in [2.75, 3.05) is 11.1 Å². The summed E-state index contributed by atoms with van der Waals surface area (Å²) in [6, 6.07) is 13.5. The maximum atomic E-state index is 13.4. The first kappa shape index (κ1) is 20.5. The van der Waals surface area contributed by atoms with Crippen molar-refractivity contribution in [3.63, 3.8) is 0 Å². The molecule has 0 unspecified atom stereocenters. The molecule has 2 heterocycles. The Morgan fingerprint density at radius 1 is 1.16 bits per heavy atom. The van der Waals surface area contributed by atoms with Crippen molar-refractivity contribution < 1.29 is 9.18 Å². The number of benzene rings is 2. The molecule has 2 aromatic heterocycles. The minimum Gasteiger partial charge on any atom is -0.353 e. The van der Waals surface area contributed by atoms with Crippen LogP contribution in [0.1, 0.15) is 23.2 Å². The van der Waals surface area contributed by atoms with Gasteiger partial charge in [-0.05, 0) is 79.8 Å². The fourth-order valence-electron chi connectivity index (χ4n) is 4.07. The van der Waals surface area contributed by atoms with E-state index in [0.717, 1.165) is 30.6 Å². The Balaban J connectivity index is 1.42. The number of anilines is 1.